The Morgan fingerprint density at radius 3 is 2.71 bits per heavy atom. The molecule has 0 amide bonds. The number of aromatic amines is 1. The van der Waals surface area contributed by atoms with Gasteiger partial charge in [0.25, 0.3) is 0 Å². The summed E-state index contributed by atoms with van der Waals surface area (Å²) >= 11 is 0. The Morgan fingerprint density at radius 2 is 2.00 bits per heavy atom. The number of hydrogen-bond donors (Lipinski definition) is 2. The van der Waals surface area contributed by atoms with Crippen LogP contribution in [0.4, 0.5) is 0 Å². The average molecular weight is 326 g/mol. The minimum absolute atomic E-state index is 0.218. The summed E-state index contributed by atoms with van der Waals surface area (Å²) in [4.78, 5) is 15.0. The molecule has 0 saturated carbocycles. The first kappa shape index (κ1) is 15.0. The monoisotopic (exact) mass is 326 g/mol. The molecule has 0 bridgehead atoms. The van der Waals surface area contributed by atoms with Crippen LogP contribution in [-0.2, 0) is 17.9 Å². The Labute approximate surface area is 138 Å². The lowest BCUT2D eigenvalue weighted by atomic mass is 10.0. The van der Waals surface area contributed by atoms with E-state index in [2.05, 4.69) is 4.98 Å². The first-order valence-electron chi connectivity index (χ1n) is 7.82. The van der Waals surface area contributed by atoms with Crippen LogP contribution in [-0.4, -0.2) is 33.5 Å². The summed E-state index contributed by atoms with van der Waals surface area (Å²) in [5.41, 5.74) is 1.31. The Hall–Kier alpha value is -2.57. The van der Waals surface area contributed by atoms with Gasteiger partial charge >= 0.3 is 5.69 Å². The molecule has 3 aromatic rings. The lowest BCUT2D eigenvalue weighted by Gasteiger charge is -2.36. The number of nitrogens with one attached hydrogen (secondary N) is 1. The largest absolute Gasteiger partial charge is 0.489 e. The van der Waals surface area contributed by atoms with Crippen molar-refractivity contribution < 1.29 is 14.6 Å². The van der Waals surface area contributed by atoms with Gasteiger partial charge in [0.15, 0.2) is 0 Å². The van der Waals surface area contributed by atoms with Crippen LogP contribution < -0.4 is 10.4 Å². The predicted octanol–water partition coefficient (Wildman–Crippen LogP) is 1.67. The zero-order valence-electron chi connectivity index (χ0n) is 13.1. The molecule has 2 aromatic carbocycles. The molecule has 6 heteroatoms. The Morgan fingerprint density at radius 1 is 1.21 bits per heavy atom. The molecular weight excluding hydrogens is 308 g/mol. The van der Waals surface area contributed by atoms with Crippen LogP contribution in [0.2, 0.25) is 0 Å². The number of fused-ring (bicyclic) bond motifs is 1. The van der Waals surface area contributed by atoms with Crippen LogP contribution in [0.1, 0.15) is 5.56 Å². The van der Waals surface area contributed by atoms with Crippen molar-refractivity contribution in [3.05, 3.63) is 64.6 Å². The third kappa shape index (κ3) is 2.81. The predicted molar refractivity (Wildman–Crippen MR) is 89.1 cm³/mol. The molecule has 0 radical (unpaired) electrons. The highest BCUT2D eigenvalue weighted by atomic mass is 16.5. The highest BCUT2D eigenvalue weighted by molar-refractivity contribution is 5.77. The number of H-pyrrole nitrogens is 1. The van der Waals surface area contributed by atoms with Crippen molar-refractivity contribution in [3.63, 3.8) is 0 Å². The molecule has 6 nitrogen and oxygen atoms in total. The molecule has 2 heterocycles. The standard InChI is InChI=1S/C18H18N2O4/c21-17-19-15-8-14(24-9-13-4-2-1-3-5-13)6-7-16(15)20(17)10-18(22)11-23-12-18/h1-8,22H,9-12H2,(H,19,21). The maximum atomic E-state index is 12.2. The van der Waals surface area contributed by atoms with Gasteiger partial charge in [-0.05, 0) is 17.7 Å². The third-order valence-electron chi connectivity index (χ3n) is 4.19. The molecule has 0 atom stereocenters. The number of benzene rings is 2. The third-order valence-corrected chi connectivity index (χ3v) is 4.19. The van der Waals surface area contributed by atoms with Gasteiger partial charge in [0, 0.05) is 6.07 Å². The maximum absolute atomic E-state index is 12.2. The summed E-state index contributed by atoms with van der Waals surface area (Å²) in [6, 6.07) is 15.4. The highest BCUT2D eigenvalue weighted by Crippen LogP contribution is 2.23. The quantitative estimate of drug-likeness (QED) is 0.748. The number of aliphatic hydroxyl groups is 1. The molecule has 1 aliphatic heterocycles. The summed E-state index contributed by atoms with van der Waals surface area (Å²) < 4.78 is 12.4. The van der Waals surface area contributed by atoms with Crippen molar-refractivity contribution in [1.82, 2.24) is 9.55 Å². The number of aromatic nitrogens is 2. The first-order chi connectivity index (χ1) is 11.6. The van der Waals surface area contributed by atoms with Gasteiger partial charge in [0.2, 0.25) is 0 Å². The summed E-state index contributed by atoms with van der Waals surface area (Å²) in [5.74, 6) is 0.686. The smallest absolute Gasteiger partial charge is 0.326 e. The van der Waals surface area contributed by atoms with Crippen molar-refractivity contribution in [3.8, 4) is 5.75 Å². The molecule has 0 aliphatic carbocycles. The van der Waals surface area contributed by atoms with Crippen molar-refractivity contribution >= 4 is 11.0 Å². The van der Waals surface area contributed by atoms with Gasteiger partial charge in [-0.2, -0.15) is 0 Å². The molecule has 124 valence electrons. The molecular formula is C18H18N2O4. The van der Waals surface area contributed by atoms with E-state index in [1.807, 2.05) is 42.5 Å². The Bertz CT molecular complexity index is 910. The van der Waals surface area contributed by atoms with E-state index in [-0.39, 0.29) is 25.4 Å². The zero-order valence-corrected chi connectivity index (χ0v) is 13.1. The van der Waals surface area contributed by atoms with E-state index in [0.717, 1.165) is 11.1 Å². The van der Waals surface area contributed by atoms with Crippen LogP contribution in [0.25, 0.3) is 11.0 Å². The topological polar surface area (TPSA) is 76.5 Å². The fourth-order valence-corrected chi connectivity index (χ4v) is 2.85. The van der Waals surface area contributed by atoms with Crippen LogP contribution in [0.3, 0.4) is 0 Å². The van der Waals surface area contributed by atoms with Crippen molar-refractivity contribution in [2.24, 2.45) is 0 Å². The fourth-order valence-electron chi connectivity index (χ4n) is 2.85. The summed E-state index contributed by atoms with van der Waals surface area (Å²) in [6.45, 7) is 1.19. The van der Waals surface area contributed by atoms with E-state index in [4.69, 9.17) is 9.47 Å². The molecule has 1 fully saturated rings. The van der Waals surface area contributed by atoms with Gasteiger partial charge in [-0.15, -0.1) is 0 Å². The lowest BCUT2D eigenvalue weighted by Crippen LogP contribution is -2.53. The molecule has 0 unspecified atom stereocenters. The minimum Gasteiger partial charge on any atom is -0.489 e. The summed E-state index contributed by atoms with van der Waals surface area (Å²) in [7, 11) is 0. The molecule has 4 rings (SSSR count). The molecule has 24 heavy (non-hydrogen) atoms. The first-order valence-corrected chi connectivity index (χ1v) is 7.82. The number of hydrogen-bond acceptors (Lipinski definition) is 4. The van der Waals surface area contributed by atoms with E-state index in [1.54, 1.807) is 10.6 Å². The number of rotatable bonds is 5. The van der Waals surface area contributed by atoms with E-state index in [1.165, 1.54) is 0 Å². The second-order valence-corrected chi connectivity index (χ2v) is 6.19. The zero-order chi connectivity index (χ0) is 16.6. The Balaban J connectivity index is 1.56. The van der Waals surface area contributed by atoms with Gasteiger partial charge in [0.1, 0.15) is 18.0 Å². The average Bonchev–Trinajstić information content (AvgIpc) is 2.87. The van der Waals surface area contributed by atoms with E-state index in [9.17, 15) is 9.90 Å². The highest BCUT2D eigenvalue weighted by Gasteiger charge is 2.37. The SMILES string of the molecule is O=c1[nH]c2cc(OCc3ccccc3)ccc2n1CC1(O)COC1. The van der Waals surface area contributed by atoms with Gasteiger partial charge in [-0.3, -0.25) is 4.57 Å². The second-order valence-electron chi connectivity index (χ2n) is 6.19. The van der Waals surface area contributed by atoms with Crippen LogP contribution in [0.5, 0.6) is 5.75 Å². The van der Waals surface area contributed by atoms with Crippen LogP contribution in [0.15, 0.2) is 53.3 Å². The summed E-state index contributed by atoms with van der Waals surface area (Å²) in [6.07, 6.45) is 0. The van der Waals surface area contributed by atoms with Gasteiger partial charge in [-0.25, -0.2) is 4.79 Å². The minimum atomic E-state index is -0.957. The number of ether oxygens (including phenoxy) is 2. The van der Waals surface area contributed by atoms with Crippen molar-refractivity contribution in [2.45, 2.75) is 18.8 Å². The number of nitrogens with zero attached hydrogens (tertiary/aromatic N) is 1. The molecule has 1 aromatic heterocycles. The molecule has 2 N–H and O–H groups in total. The lowest BCUT2D eigenvalue weighted by molar-refractivity contribution is -0.184. The maximum Gasteiger partial charge on any atom is 0.326 e. The fraction of sp³-hybridized carbons (Fsp3) is 0.278. The van der Waals surface area contributed by atoms with Gasteiger partial charge in [-0.1, -0.05) is 30.3 Å². The van der Waals surface area contributed by atoms with E-state index >= 15 is 0 Å². The molecule has 1 aliphatic rings. The molecule has 1 saturated heterocycles. The van der Waals surface area contributed by atoms with Crippen molar-refractivity contribution in [2.75, 3.05) is 13.2 Å². The van der Waals surface area contributed by atoms with Crippen molar-refractivity contribution in [1.29, 1.82) is 0 Å². The van der Waals surface area contributed by atoms with Gasteiger partial charge < -0.3 is 19.6 Å². The summed E-state index contributed by atoms with van der Waals surface area (Å²) in [5, 5.41) is 10.2. The van der Waals surface area contributed by atoms with E-state index in [0.29, 0.717) is 17.9 Å². The number of imidazole rings is 1. The second kappa shape index (κ2) is 5.81. The normalized spacial score (nSPS) is 16.0. The Kier molecular flexibility index (Phi) is 3.63. The van der Waals surface area contributed by atoms with Crippen LogP contribution in [0, 0.1) is 0 Å². The van der Waals surface area contributed by atoms with Gasteiger partial charge in [0.05, 0.1) is 30.8 Å². The van der Waals surface area contributed by atoms with E-state index < -0.39 is 5.60 Å². The molecule has 0 spiro atoms. The van der Waals surface area contributed by atoms with Crippen LogP contribution >= 0.6 is 0 Å².